The summed E-state index contributed by atoms with van der Waals surface area (Å²) in [6.07, 6.45) is 0. The SMILES string of the molecule is C=C=NNONC. The summed E-state index contributed by atoms with van der Waals surface area (Å²) < 4.78 is 0. The van der Waals surface area contributed by atoms with Gasteiger partial charge in [0.05, 0.1) is 0 Å². The zero-order valence-electron chi connectivity index (χ0n) is 4.06. The highest BCUT2D eigenvalue weighted by Gasteiger charge is 1.63. The Morgan fingerprint density at radius 1 is 1.86 bits per heavy atom. The maximum absolute atomic E-state index is 4.30. The van der Waals surface area contributed by atoms with E-state index in [1.54, 1.807) is 7.05 Å². The topological polar surface area (TPSA) is 45.7 Å². The summed E-state index contributed by atoms with van der Waals surface area (Å²) in [7, 11) is 1.60. The van der Waals surface area contributed by atoms with E-state index < -0.39 is 0 Å². The highest BCUT2D eigenvalue weighted by Crippen LogP contribution is 1.48. The van der Waals surface area contributed by atoms with Crippen molar-refractivity contribution in [2.45, 2.75) is 0 Å². The van der Waals surface area contributed by atoms with Gasteiger partial charge >= 0.3 is 0 Å². The van der Waals surface area contributed by atoms with Crippen LogP contribution in [0.25, 0.3) is 0 Å². The van der Waals surface area contributed by atoms with Crippen LogP contribution < -0.4 is 11.1 Å². The fraction of sp³-hybridized carbons (Fsp3) is 0.333. The van der Waals surface area contributed by atoms with Crippen LogP contribution >= 0.6 is 0 Å². The van der Waals surface area contributed by atoms with Crippen LogP contribution in [0.2, 0.25) is 0 Å². The summed E-state index contributed by atoms with van der Waals surface area (Å²) in [5.41, 5.74) is 4.45. The molecule has 0 atom stereocenters. The molecular weight excluding hydrogens is 94.1 g/mol. The Kier molecular flexibility index (Phi) is 4.56. The fourth-order valence-electron chi connectivity index (χ4n) is 0.101. The Bertz CT molecular complexity index is 76.2. The quantitative estimate of drug-likeness (QED) is 0.284. The first-order valence-corrected chi connectivity index (χ1v) is 1.71. The molecule has 0 aliphatic carbocycles. The molecule has 0 aliphatic heterocycles. The second-order valence-corrected chi connectivity index (χ2v) is 0.667. The second kappa shape index (κ2) is 5.17. The lowest BCUT2D eigenvalue weighted by Crippen LogP contribution is -2.16. The van der Waals surface area contributed by atoms with Gasteiger partial charge in [0.1, 0.15) is 0 Å². The second-order valence-electron chi connectivity index (χ2n) is 0.667. The third kappa shape index (κ3) is 5.17. The van der Waals surface area contributed by atoms with Crippen LogP contribution in [0.3, 0.4) is 0 Å². The lowest BCUT2D eigenvalue weighted by atomic mass is 11.2. The van der Waals surface area contributed by atoms with E-state index in [-0.39, 0.29) is 0 Å². The molecule has 0 amide bonds. The van der Waals surface area contributed by atoms with E-state index in [4.69, 9.17) is 0 Å². The summed E-state index contributed by atoms with van der Waals surface area (Å²) in [4.78, 5) is 4.30. The first-order chi connectivity index (χ1) is 3.41. The van der Waals surface area contributed by atoms with Crippen molar-refractivity contribution in [2.24, 2.45) is 5.10 Å². The zero-order chi connectivity index (χ0) is 5.54. The molecular formula is C3H7N3O. The van der Waals surface area contributed by atoms with E-state index >= 15 is 0 Å². The van der Waals surface area contributed by atoms with Crippen LogP contribution in [0, 0.1) is 0 Å². The first-order valence-electron chi connectivity index (χ1n) is 1.71. The molecule has 0 saturated heterocycles. The van der Waals surface area contributed by atoms with Crippen LogP contribution in [0.1, 0.15) is 0 Å². The van der Waals surface area contributed by atoms with Gasteiger partial charge in [-0.3, -0.25) is 0 Å². The third-order valence-corrected chi connectivity index (χ3v) is 0.272. The van der Waals surface area contributed by atoms with Crippen LogP contribution in [0.15, 0.2) is 11.7 Å². The van der Waals surface area contributed by atoms with Gasteiger partial charge in [0, 0.05) is 12.9 Å². The van der Waals surface area contributed by atoms with Crippen molar-refractivity contribution < 1.29 is 4.94 Å². The van der Waals surface area contributed by atoms with Gasteiger partial charge in [-0.15, -0.1) is 5.10 Å². The number of hydrogen-bond donors (Lipinski definition) is 2. The Morgan fingerprint density at radius 2 is 2.57 bits per heavy atom. The number of rotatable bonds is 3. The van der Waals surface area contributed by atoms with E-state index in [1.807, 2.05) is 0 Å². The molecule has 0 aromatic rings. The van der Waals surface area contributed by atoms with Crippen molar-refractivity contribution in [3.8, 4) is 0 Å². The summed E-state index contributed by atoms with van der Waals surface area (Å²) >= 11 is 0. The largest absolute Gasteiger partial charge is 0.178 e. The Balaban J connectivity index is 2.83. The van der Waals surface area contributed by atoms with Crippen molar-refractivity contribution in [1.82, 2.24) is 11.1 Å². The molecule has 7 heavy (non-hydrogen) atoms. The lowest BCUT2D eigenvalue weighted by Gasteiger charge is -1.91. The Morgan fingerprint density at radius 3 is 3.00 bits per heavy atom. The molecule has 4 nitrogen and oxygen atoms in total. The molecule has 0 unspecified atom stereocenters. The van der Waals surface area contributed by atoms with Crippen molar-refractivity contribution in [3.63, 3.8) is 0 Å². The van der Waals surface area contributed by atoms with Crippen LogP contribution in [0.4, 0.5) is 0 Å². The van der Waals surface area contributed by atoms with Crippen LogP contribution in [-0.2, 0) is 4.94 Å². The molecule has 0 aromatic carbocycles. The molecule has 2 N–H and O–H groups in total. The monoisotopic (exact) mass is 101 g/mol. The number of hydroxylamine groups is 1. The number of nitrogens with zero attached hydrogens (tertiary/aromatic N) is 1. The summed E-state index contributed by atoms with van der Waals surface area (Å²) in [6, 6.07) is 0. The van der Waals surface area contributed by atoms with Crippen molar-refractivity contribution in [2.75, 3.05) is 7.05 Å². The average molecular weight is 101 g/mol. The molecule has 0 heterocycles. The number of hydrazone groups is 1. The molecule has 0 bridgehead atoms. The summed E-state index contributed by atoms with van der Waals surface area (Å²) in [5, 5.41) is 3.27. The van der Waals surface area contributed by atoms with Crippen LogP contribution in [0.5, 0.6) is 0 Å². The van der Waals surface area contributed by atoms with Gasteiger partial charge in [0.25, 0.3) is 0 Å². The van der Waals surface area contributed by atoms with E-state index in [9.17, 15) is 0 Å². The highest BCUT2D eigenvalue weighted by molar-refractivity contribution is 5.45. The molecule has 40 valence electrons. The number of nitrogens with one attached hydrogen (secondary N) is 2. The highest BCUT2D eigenvalue weighted by atomic mass is 16.8. The van der Waals surface area contributed by atoms with Crippen molar-refractivity contribution in [3.05, 3.63) is 6.58 Å². The summed E-state index contributed by atoms with van der Waals surface area (Å²) in [5.74, 6) is 2.20. The van der Waals surface area contributed by atoms with Crippen molar-refractivity contribution >= 4 is 5.87 Å². The predicted molar refractivity (Wildman–Crippen MR) is 26.3 cm³/mol. The molecule has 0 spiro atoms. The minimum atomic E-state index is 1.60. The Labute approximate surface area is 41.8 Å². The minimum Gasteiger partial charge on any atom is -0.178 e. The van der Waals surface area contributed by atoms with Gasteiger partial charge in [-0.25, -0.2) is 0 Å². The van der Waals surface area contributed by atoms with E-state index in [0.29, 0.717) is 0 Å². The van der Waals surface area contributed by atoms with Crippen molar-refractivity contribution in [1.29, 1.82) is 0 Å². The maximum Gasteiger partial charge on any atom is 0.0121 e. The molecule has 0 rings (SSSR count). The minimum absolute atomic E-state index is 1.60. The molecule has 0 fully saturated rings. The summed E-state index contributed by atoms with van der Waals surface area (Å²) in [6.45, 7) is 3.17. The fourth-order valence-corrected chi connectivity index (χ4v) is 0.101. The lowest BCUT2D eigenvalue weighted by molar-refractivity contribution is -0.0233. The van der Waals surface area contributed by atoms with E-state index in [2.05, 4.69) is 33.6 Å². The van der Waals surface area contributed by atoms with Gasteiger partial charge in [-0.1, -0.05) is 0 Å². The number of hydrogen-bond acceptors (Lipinski definition) is 4. The van der Waals surface area contributed by atoms with E-state index in [1.165, 1.54) is 0 Å². The standard InChI is InChI=1S/C3H7N3O/c1-3-5-6-7-4-2/h4,6H,1H2,2H3. The van der Waals surface area contributed by atoms with Gasteiger partial charge < -0.3 is 0 Å². The van der Waals surface area contributed by atoms with Gasteiger partial charge in [-0.05, 0) is 6.58 Å². The smallest absolute Gasteiger partial charge is 0.0121 e. The van der Waals surface area contributed by atoms with Gasteiger partial charge in [-0.2, -0.15) is 16.0 Å². The zero-order valence-corrected chi connectivity index (χ0v) is 4.06. The Hall–Kier alpha value is -0.830. The molecule has 0 saturated carbocycles. The molecule has 0 aliphatic rings. The average Bonchev–Trinajstić information content (AvgIpc) is 1.69. The van der Waals surface area contributed by atoms with Crippen LogP contribution in [-0.4, -0.2) is 12.9 Å². The van der Waals surface area contributed by atoms with Gasteiger partial charge in [0.15, 0.2) is 0 Å². The van der Waals surface area contributed by atoms with Gasteiger partial charge in [0.2, 0.25) is 0 Å². The molecule has 0 aromatic heterocycles. The van der Waals surface area contributed by atoms with E-state index in [0.717, 1.165) is 0 Å². The normalized spacial score (nSPS) is 7.00. The predicted octanol–water partition coefficient (Wildman–Crippen LogP) is -0.587. The first kappa shape index (κ1) is 6.17. The molecule has 4 heteroatoms. The molecule has 0 radical (unpaired) electrons. The third-order valence-electron chi connectivity index (χ3n) is 0.272. The maximum atomic E-state index is 4.30.